The van der Waals surface area contributed by atoms with Gasteiger partial charge in [-0.3, -0.25) is 9.29 Å². The van der Waals surface area contributed by atoms with Gasteiger partial charge in [-0.15, -0.1) is 0 Å². The Balaban J connectivity index is 1.61. The highest BCUT2D eigenvalue weighted by atomic mass is 35.5. The highest BCUT2D eigenvalue weighted by Gasteiger charge is 2.25. The van der Waals surface area contributed by atoms with E-state index < -0.39 is 0 Å². The maximum absolute atomic E-state index is 16.0. The van der Waals surface area contributed by atoms with Crippen molar-refractivity contribution in [1.82, 2.24) is 4.90 Å². The van der Waals surface area contributed by atoms with Crippen molar-refractivity contribution in [1.29, 1.82) is 0 Å². The lowest BCUT2D eigenvalue weighted by Gasteiger charge is -2.33. The molecule has 0 unspecified atom stereocenters. The molecule has 3 aromatic rings. The van der Waals surface area contributed by atoms with Crippen molar-refractivity contribution in [3.8, 4) is 0 Å². The number of hydrogen-bond acceptors (Lipinski definition) is 1. The molecule has 0 atom stereocenters. The second-order valence-corrected chi connectivity index (χ2v) is 10.6. The molecule has 0 amide bonds. The monoisotopic (exact) mass is 523 g/mol. The lowest BCUT2D eigenvalue weighted by molar-refractivity contribution is 0.239. The van der Waals surface area contributed by atoms with Crippen LogP contribution in [-0.4, -0.2) is 31.2 Å². The topological polar surface area (TPSA) is 3.24 Å². The van der Waals surface area contributed by atoms with Crippen molar-refractivity contribution >= 4 is 40.4 Å². The largest absolute Gasteiger partial charge is 0.295 e. The second kappa shape index (κ2) is 10.9. The van der Waals surface area contributed by atoms with Crippen molar-refractivity contribution in [2.75, 3.05) is 26.3 Å². The number of hydrogen-bond donors (Lipinski definition) is 0. The molecule has 5 heteroatoms. The Hall–Kier alpha value is -2.46. The summed E-state index contributed by atoms with van der Waals surface area (Å²) < 4.78 is 28.5. The van der Waals surface area contributed by atoms with Crippen molar-refractivity contribution in [2.45, 2.75) is 32.6 Å². The molecule has 1 heterocycles. The molecule has 2 aliphatic rings. The second-order valence-electron chi connectivity index (χ2n) is 9.74. The third-order valence-electron chi connectivity index (χ3n) is 7.11. The average molecular weight is 524 g/mol. The number of benzene rings is 3. The standard InChI is InChI=1S/C31H29Cl2F2N/c1-20-14-21(15-22-18-36(19-22)13-5-12-34)16-29(35)30(20)31-25-8-3-2-6-23(25)7-4-9-27(31)26-11-10-24(32)17-28(26)33/h2-3,6,8,10-11,14-17H,4-5,7,9,12-13,18-19H2,1H3. The molecule has 0 aromatic heterocycles. The van der Waals surface area contributed by atoms with Gasteiger partial charge in [0.1, 0.15) is 5.82 Å². The van der Waals surface area contributed by atoms with E-state index in [4.69, 9.17) is 23.2 Å². The number of allylic oxidation sites excluding steroid dienone is 1. The van der Waals surface area contributed by atoms with Crippen LogP contribution < -0.4 is 0 Å². The van der Waals surface area contributed by atoms with E-state index >= 15 is 4.39 Å². The van der Waals surface area contributed by atoms with Crippen LogP contribution in [-0.2, 0) is 6.42 Å². The Morgan fingerprint density at radius 1 is 0.972 bits per heavy atom. The molecule has 1 aliphatic carbocycles. The minimum absolute atomic E-state index is 0.232. The maximum Gasteiger partial charge on any atom is 0.131 e. The number of likely N-dealkylation sites (tertiary alicyclic amines) is 1. The summed E-state index contributed by atoms with van der Waals surface area (Å²) in [4.78, 5) is 2.21. The molecule has 1 fully saturated rings. The van der Waals surface area contributed by atoms with E-state index in [0.29, 0.717) is 22.0 Å². The minimum atomic E-state index is -0.288. The van der Waals surface area contributed by atoms with Crippen LogP contribution in [0.1, 0.15) is 52.6 Å². The first-order valence-electron chi connectivity index (χ1n) is 12.5. The summed E-state index contributed by atoms with van der Waals surface area (Å²) in [6.45, 7) is 4.10. The summed E-state index contributed by atoms with van der Waals surface area (Å²) in [5.41, 5.74) is 8.79. The van der Waals surface area contributed by atoms with Crippen LogP contribution >= 0.6 is 23.2 Å². The zero-order chi connectivity index (χ0) is 25.2. The normalized spacial score (nSPS) is 16.0. The van der Waals surface area contributed by atoms with E-state index in [1.165, 1.54) is 11.1 Å². The van der Waals surface area contributed by atoms with Crippen LogP contribution in [0.15, 0.2) is 60.2 Å². The Labute approximate surface area is 222 Å². The van der Waals surface area contributed by atoms with Crippen molar-refractivity contribution in [3.63, 3.8) is 0 Å². The molecule has 1 aliphatic heterocycles. The number of halogens is 4. The van der Waals surface area contributed by atoms with Crippen LogP contribution in [0, 0.1) is 12.7 Å². The van der Waals surface area contributed by atoms with Crippen LogP contribution in [0.3, 0.4) is 0 Å². The van der Waals surface area contributed by atoms with Gasteiger partial charge >= 0.3 is 0 Å². The van der Waals surface area contributed by atoms with E-state index in [9.17, 15) is 4.39 Å². The number of fused-ring (bicyclic) bond motifs is 1. The summed E-state index contributed by atoms with van der Waals surface area (Å²) >= 11 is 12.9. The Kier molecular flexibility index (Phi) is 7.62. The molecular weight excluding hydrogens is 495 g/mol. The third-order valence-corrected chi connectivity index (χ3v) is 7.66. The van der Waals surface area contributed by atoms with Crippen LogP contribution in [0.25, 0.3) is 17.2 Å². The number of aryl methyl sites for hydroxylation is 2. The fourth-order valence-corrected chi connectivity index (χ4v) is 6.00. The smallest absolute Gasteiger partial charge is 0.131 e. The first-order valence-corrected chi connectivity index (χ1v) is 13.3. The van der Waals surface area contributed by atoms with Gasteiger partial charge < -0.3 is 0 Å². The first-order chi connectivity index (χ1) is 17.4. The van der Waals surface area contributed by atoms with Gasteiger partial charge in [-0.1, -0.05) is 65.7 Å². The van der Waals surface area contributed by atoms with Gasteiger partial charge in [0, 0.05) is 35.2 Å². The zero-order valence-electron chi connectivity index (χ0n) is 20.4. The Morgan fingerprint density at radius 2 is 1.78 bits per heavy atom. The predicted molar refractivity (Wildman–Crippen MR) is 148 cm³/mol. The summed E-state index contributed by atoms with van der Waals surface area (Å²) in [7, 11) is 0. The van der Waals surface area contributed by atoms with Crippen molar-refractivity contribution in [3.05, 3.63) is 109 Å². The van der Waals surface area contributed by atoms with Crippen LogP contribution in [0.4, 0.5) is 8.78 Å². The Morgan fingerprint density at radius 3 is 2.53 bits per heavy atom. The number of alkyl halides is 1. The van der Waals surface area contributed by atoms with E-state index in [0.717, 1.165) is 72.3 Å². The number of nitrogens with zero attached hydrogens (tertiary/aromatic N) is 1. The highest BCUT2D eigenvalue weighted by Crippen LogP contribution is 2.44. The fourth-order valence-electron chi connectivity index (χ4n) is 5.48. The van der Waals surface area contributed by atoms with E-state index in [-0.39, 0.29) is 12.5 Å². The summed E-state index contributed by atoms with van der Waals surface area (Å²) in [5, 5.41) is 1.16. The summed E-state index contributed by atoms with van der Waals surface area (Å²) in [5.74, 6) is -0.232. The quantitative estimate of drug-likeness (QED) is 0.312. The van der Waals surface area contributed by atoms with E-state index in [1.807, 2.05) is 31.2 Å². The maximum atomic E-state index is 16.0. The molecule has 3 aromatic carbocycles. The fraction of sp³-hybridized carbons (Fsp3) is 0.290. The average Bonchev–Trinajstić information content (AvgIpc) is 3.00. The van der Waals surface area contributed by atoms with Gasteiger partial charge in [0.2, 0.25) is 0 Å². The molecule has 0 saturated carbocycles. The highest BCUT2D eigenvalue weighted by molar-refractivity contribution is 6.36. The molecule has 36 heavy (non-hydrogen) atoms. The Bertz CT molecular complexity index is 1330. The lowest BCUT2D eigenvalue weighted by Crippen LogP contribution is -2.40. The summed E-state index contributed by atoms with van der Waals surface area (Å²) in [6.07, 6.45) is 5.31. The molecular formula is C31H29Cl2F2N. The van der Waals surface area contributed by atoms with Crippen molar-refractivity contribution < 1.29 is 8.78 Å². The van der Waals surface area contributed by atoms with Crippen LogP contribution in [0.2, 0.25) is 10.0 Å². The number of rotatable bonds is 6. The molecule has 0 spiro atoms. The minimum Gasteiger partial charge on any atom is -0.295 e. The van der Waals surface area contributed by atoms with Gasteiger partial charge in [-0.05, 0) is 95.3 Å². The van der Waals surface area contributed by atoms with Gasteiger partial charge in [0.05, 0.1) is 6.67 Å². The zero-order valence-corrected chi connectivity index (χ0v) is 21.9. The third kappa shape index (κ3) is 5.16. The summed E-state index contributed by atoms with van der Waals surface area (Å²) in [6, 6.07) is 17.6. The molecule has 0 radical (unpaired) electrons. The molecule has 186 valence electrons. The van der Waals surface area contributed by atoms with E-state index in [2.05, 4.69) is 29.2 Å². The molecule has 1 nitrogen and oxygen atoms in total. The molecule has 0 N–H and O–H groups in total. The molecule has 0 bridgehead atoms. The first kappa shape index (κ1) is 25.2. The SMILES string of the molecule is Cc1cc(C=C2CN(CCCF)C2)cc(F)c1C1=C(c2ccc(Cl)cc2Cl)CCCc2ccccc21. The van der Waals surface area contributed by atoms with Crippen LogP contribution in [0.5, 0.6) is 0 Å². The van der Waals surface area contributed by atoms with Gasteiger partial charge in [-0.2, -0.15) is 0 Å². The predicted octanol–water partition coefficient (Wildman–Crippen LogP) is 8.79. The van der Waals surface area contributed by atoms with E-state index in [1.54, 1.807) is 12.1 Å². The van der Waals surface area contributed by atoms with Gasteiger partial charge in [0.25, 0.3) is 0 Å². The molecule has 1 saturated heterocycles. The van der Waals surface area contributed by atoms with Gasteiger partial charge in [0.15, 0.2) is 0 Å². The van der Waals surface area contributed by atoms with Gasteiger partial charge in [-0.25, -0.2) is 4.39 Å². The van der Waals surface area contributed by atoms with Crippen molar-refractivity contribution in [2.24, 2.45) is 0 Å². The molecule has 5 rings (SSSR count). The lowest BCUT2D eigenvalue weighted by atomic mass is 9.85.